The fraction of sp³-hybridized carbons (Fsp3) is 0.438. The fourth-order valence-corrected chi connectivity index (χ4v) is 2.76. The molecule has 5 nitrogen and oxygen atoms in total. The highest BCUT2D eigenvalue weighted by molar-refractivity contribution is 5.81. The van der Waals surface area contributed by atoms with Crippen molar-refractivity contribution in [3.05, 3.63) is 47.0 Å². The molecule has 0 amide bonds. The second kappa shape index (κ2) is 5.68. The van der Waals surface area contributed by atoms with Crippen LogP contribution in [-0.2, 0) is 22.5 Å². The molecule has 21 heavy (non-hydrogen) atoms. The molecule has 3 rings (SSSR count). The van der Waals surface area contributed by atoms with Gasteiger partial charge in [-0.05, 0) is 25.8 Å². The van der Waals surface area contributed by atoms with Crippen molar-refractivity contribution in [1.29, 1.82) is 0 Å². The van der Waals surface area contributed by atoms with Gasteiger partial charge in [-0.2, -0.15) is 0 Å². The normalized spacial score (nSPS) is 14.8. The standard InChI is InChI=1S/C16H19N3O2/c1-3-21-16(20)14(12-8-6-11(2)7-9-12)15-18-17-13-5-4-10-19(13)15/h6-9,14H,3-5,10H2,1-2H3. The topological polar surface area (TPSA) is 57.0 Å². The highest BCUT2D eigenvalue weighted by Crippen LogP contribution is 2.28. The first-order valence-electron chi connectivity index (χ1n) is 7.36. The molecule has 1 aromatic carbocycles. The monoisotopic (exact) mass is 285 g/mol. The summed E-state index contributed by atoms with van der Waals surface area (Å²) >= 11 is 0. The van der Waals surface area contributed by atoms with E-state index < -0.39 is 5.92 Å². The van der Waals surface area contributed by atoms with E-state index in [-0.39, 0.29) is 5.97 Å². The molecule has 110 valence electrons. The number of fused-ring (bicyclic) bond motifs is 1. The number of aryl methyl sites for hydroxylation is 2. The Morgan fingerprint density at radius 1 is 1.33 bits per heavy atom. The number of hydrogen-bond donors (Lipinski definition) is 0. The fourth-order valence-electron chi connectivity index (χ4n) is 2.76. The quantitative estimate of drug-likeness (QED) is 0.808. The smallest absolute Gasteiger partial charge is 0.321 e. The molecule has 2 aromatic rings. The maximum atomic E-state index is 12.4. The number of rotatable bonds is 4. The van der Waals surface area contributed by atoms with E-state index in [1.807, 2.05) is 38.1 Å². The largest absolute Gasteiger partial charge is 0.465 e. The van der Waals surface area contributed by atoms with Gasteiger partial charge in [0.05, 0.1) is 6.61 Å². The van der Waals surface area contributed by atoms with E-state index in [1.54, 1.807) is 0 Å². The predicted octanol–water partition coefficient (Wildman–Crippen LogP) is 2.23. The first kappa shape index (κ1) is 13.8. The molecule has 0 bridgehead atoms. The van der Waals surface area contributed by atoms with Gasteiger partial charge in [-0.3, -0.25) is 4.79 Å². The SMILES string of the molecule is CCOC(=O)C(c1ccc(C)cc1)c1nnc2n1CCC2. The van der Waals surface area contributed by atoms with Gasteiger partial charge in [0.25, 0.3) is 0 Å². The maximum Gasteiger partial charge on any atom is 0.321 e. The van der Waals surface area contributed by atoms with Crippen molar-refractivity contribution in [2.45, 2.75) is 39.2 Å². The van der Waals surface area contributed by atoms with Crippen molar-refractivity contribution in [2.75, 3.05) is 6.61 Å². The lowest BCUT2D eigenvalue weighted by Gasteiger charge is -2.16. The number of nitrogens with zero attached hydrogens (tertiary/aromatic N) is 3. The summed E-state index contributed by atoms with van der Waals surface area (Å²) < 4.78 is 7.31. The summed E-state index contributed by atoms with van der Waals surface area (Å²) in [4.78, 5) is 12.4. The predicted molar refractivity (Wildman–Crippen MR) is 78.0 cm³/mol. The zero-order chi connectivity index (χ0) is 14.8. The number of esters is 1. The van der Waals surface area contributed by atoms with E-state index in [4.69, 9.17) is 4.74 Å². The van der Waals surface area contributed by atoms with E-state index in [1.165, 1.54) is 0 Å². The van der Waals surface area contributed by atoms with Crippen LogP contribution in [0.15, 0.2) is 24.3 Å². The Bertz CT molecular complexity index is 646. The van der Waals surface area contributed by atoms with Crippen molar-refractivity contribution >= 4 is 5.97 Å². The molecule has 2 heterocycles. The summed E-state index contributed by atoms with van der Waals surface area (Å²) in [7, 11) is 0. The van der Waals surface area contributed by atoms with Crippen LogP contribution in [0, 0.1) is 6.92 Å². The number of ether oxygens (including phenoxy) is 1. The molecule has 1 aliphatic rings. The van der Waals surface area contributed by atoms with Crippen molar-refractivity contribution in [2.24, 2.45) is 0 Å². The van der Waals surface area contributed by atoms with Crippen LogP contribution in [0.25, 0.3) is 0 Å². The molecule has 1 unspecified atom stereocenters. The number of carbonyl (C=O) groups excluding carboxylic acids is 1. The summed E-state index contributed by atoms with van der Waals surface area (Å²) in [5.41, 5.74) is 2.06. The van der Waals surface area contributed by atoms with Crippen LogP contribution in [0.3, 0.4) is 0 Å². The summed E-state index contributed by atoms with van der Waals surface area (Å²) in [5.74, 6) is 0.907. The number of aromatic nitrogens is 3. The van der Waals surface area contributed by atoms with Gasteiger partial charge in [0, 0.05) is 13.0 Å². The summed E-state index contributed by atoms with van der Waals surface area (Å²) in [5, 5.41) is 8.46. The van der Waals surface area contributed by atoms with E-state index in [2.05, 4.69) is 14.8 Å². The molecule has 0 saturated carbocycles. The number of hydrogen-bond acceptors (Lipinski definition) is 4. The van der Waals surface area contributed by atoms with Crippen LogP contribution in [0.5, 0.6) is 0 Å². The minimum Gasteiger partial charge on any atom is -0.465 e. The summed E-state index contributed by atoms with van der Waals surface area (Å²) in [6.45, 7) is 5.08. The second-order valence-electron chi connectivity index (χ2n) is 5.33. The highest BCUT2D eigenvalue weighted by atomic mass is 16.5. The highest BCUT2D eigenvalue weighted by Gasteiger charge is 2.31. The van der Waals surface area contributed by atoms with E-state index >= 15 is 0 Å². The minimum absolute atomic E-state index is 0.261. The van der Waals surface area contributed by atoms with Crippen LogP contribution in [0.2, 0.25) is 0 Å². The Morgan fingerprint density at radius 2 is 2.10 bits per heavy atom. The van der Waals surface area contributed by atoms with Gasteiger partial charge in [-0.1, -0.05) is 29.8 Å². The molecule has 0 saturated heterocycles. The van der Waals surface area contributed by atoms with Crippen LogP contribution >= 0.6 is 0 Å². The van der Waals surface area contributed by atoms with Gasteiger partial charge in [-0.15, -0.1) is 10.2 Å². The Balaban J connectivity index is 2.03. The molecule has 0 fully saturated rings. The van der Waals surface area contributed by atoms with E-state index in [0.717, 1.165) is 36.3 Å². The first-order valence-corrected chi connectivity index (χ1v) is 7.36. The molecule has 0 radical (unpaired) electrons. The van der Waals surface area contributed by atoms with Crippen molar-refractivity contribution in [1.82, 2.24) is 14.8 Å². The minimum atomic E-state index is -0.495. The molecular weight excluding hydrogens is 266 g/mol. The average Bonchev–Trinajstić information content (AvgIpc) is 3.06. The Hall–Kier alpha value is -2.17. The lowest BCUT2D eigenvalue weighted by molar-refractivity contribution is -0.144. The summed E-state index contributed by atoms with van der Waals surface area (Å²) in [6, 6.07) is 7.94. The first-order chi connectivity index (χ1) is 10.2. The zero-order valence-electron chi connectivity index (χ0n) is 12.4. The summed E-state index contributed by atoms with van der Waals surface area (Å²) in [6.07, 6.45) is 1.98. The molecule has 1 atom stereocenters. The Kier molecular flexibility index (Phi) is 3.73. The van der Waals surface area contributed by atoms with Crippen LogP contribution < -0.4 is 0 Å². The van der Waals surface area contributed by atoms with E-state index in [0.29, 0.717) is 12.4 Å². The second-order valence-corrected chi connectivity index (χ2v) is 5.33. The van der Waals surface area contributed by atoms with Crippen molar-refractivity contribution in [3.63, 3.8) is 0 Å². The van der Waals surface area contributed by atoms with Crippen molar-refractivity contribution < 1.29 is 9.53 Å². The number of carbonyl (C=O) groups is 1. The third kappa shape index (κ3) is 2.55. The van der Waals surface area contributed by atoms with E-state index in [9.17, 15) is 4.79 Å². The lowest BCUT2D eigenvalue weighted by atomic mass is 9.97. The van der Waals surface area contributed by atoms with Gasteiger partial charge in [0.15, 0.2) is 5.82 Å². The molecule has 0 spiro atoms. The third-order valence-electron chi connectivity index (χ3n) is 3.83. The Morgan fingerprint density at radius 3 is 2.81 bits per heavy atom. The van der Waals surface area contributed by atoms with Crippen LogP contribution in [0.1, 0.15) is 42.0 Å². The van der Waals surface area contributed by atoms with Gasteiger partial charge in [-0.25, -0.2) is 0 Å². The number of benzene rings is 1. The van der Waals surface area contributed by atoms with Crippen LogP contribution in [0.4, 0.5) is 0 Å². The molecular formula is C16H19N3O2. The van der Waals surface area contributed by atoms with Gasteiger partial charge < -0.3 is 9.30 Å². The van der Waals surface area contributed by atoms with Crippen molar-refractivity contribution in [3.8, 4) is 0 Å². The molecule has 0 aliphatic carbocycles. The molecule has 5 heteroatoms. The molecule has 0 N–H and O–H groups in total. The van der Waals surface area contributed by atoms with Gasteiger partial charge in [0.2, 0.25) is 0 Å². The molecule has 1 aromatic heterocycles. The zero-order valence-corrected chi connectivity index (χ0v) is 12.4. The molecule has 1 aliphatic heterocycles. The third-order valence-corrected chi connectivity index (χ3v) is 3.83. The maximum absolute atomic E-state index is 12.4. The van der Waals surface area contributed by atoms with Gasteiger partial charge >= 0.3 is 5.97 Å². The van der Waals surface area contributed by atoms with Crippen LogP contribution in [-0.4, -0.2) is 27.3 Å². The van der Waals surface area contributed by atoms with Gasteiger partial charge in [0.1, 0.15) is 11.7 Å². The Labute approximate surface area is 124 Å². The average molecular weight is 285 g/mol. The lowest BCUT2D eigenvalue weighted by Crippen LogP contribution is -2.21.